The third-order valence-corrected chi connectivity index (χ3v) is 4.21. The molecule has 2 aromatic heterocycles. The third kappa shape index (κ3) is 2.54. The van der Waals surface area contributed by atoms with Crippen LogP contribution in [0.15, 0.2) is 60.8 Å². The van der Waals surface area contributed by atoms with Crippen LogP contribution in [-0.2, 0) is 0 Å². The second-order valence-corrected chi connectivity index (χ2v) is 5.81. The first-order chi connectivity index (χ1) is 10.9. The minimum Gasteiger partial charge on any atom is -0.237 e. The van der Waals surface area contributed by atoms with E-state index in [1.165, 1.54) is 4.70 Å². The van der Waals surface area contributed by atoms with Crippen molar-refractivity contribution >= 4 is 33.7 Å². The zero-order valence-corrected chi connectivity index (χ0v) is 12.4. The van der Waals surface area contributed by atoms with Crippen molar-refractivity contribution in [3.63, 3.8) is 0 Å². The number of aromatic nitrogens is 4. The molecule has 0 saturated heterocycles. The summed E-state index contributed by atoms with van der Waals surface area (Å²) in [6.07, 6.45) is 5.66. The van der Waals surface area contributed by atoms with Gasteiger partial charge in [-0.3, -0.25) is 0 Å². The van der Waals surface area contributed by atoms with E-state index < -0.39 is 0 Å². The summed E-state index contributed by atoms with van der Waals surface area (Å²) in [7, 11) is 0. The van der Waals surface area contributed by atoms with Crippen LogP contribution in [0.25, 0.3) is 28.1 Å². The van der Waals surface area contributed by atoms with Crippen LogP contribution in [0.3, 0.4) is 0 Å². The van der Waals surface area contributed by atoms with Gasteiger partial charge in [0.2, 0.25) is 0 Å². The minimum atomic E-state index is 0.808. The molecule has 0 bridgehead atoms. The molecule has 22 heavy (non-hydrogen) atoms. The lowest BCUT2D eigenvalue weighted by Crippen LogP contribution is -1.97. The second kappa shape index (κ2) is 5.54. The monoisotopic (exact) mass is 304 g/mol. The molecule has 4 aromatic rings. The van der Waals surface area contributed by atoms with Crippen molar-refractivity contribution in [2.45, 2.75) is 0 Å². The molecule has 0 radical (unpaired) electrons. The topological polar surface area (TPSA) is 43.6 Å². The zero-order valence-electron chi connectivity index (χ0n) is 11.6. The van der Waals surface area contributed by atoms with Crippen LogP contribution in [0.4, 0.5) is 0 Å². The van der Waals surface area contributed by atoms with E-state index in [1.807, 2.05) is 60.7 Å². The molecule has 106 valence electrons. The number of hydrogen-bond donors (Lipinski definition) is 0. The van der Waals surface area contributed by atoms with Crippen LogP contribution in [0.5, 0.6) is 0 Å². The summed E-state index contributed by atoms with van der Waals surface area (Å²) in [4.78, 5) is 6.19. The number of hydrogen-bond acceptors (Lipinski definition) is 4. The Morgan fingerprint density at radius 3 is 2.59 bits per heavy atom. The maximum atomic E-state index is 4.57. The Kier molecular flexibility index (Phi) is 3.25. The van der Waals surface area contributed by atoms with E-state index in [9.17, 15) is 0 Å². The summed E-state index contributed by atoms with van der Waals surface area (Å²) in [5.74, 6) is 0. The van der Waals surface area contributed by atoms with Crippen LogP contribution in [0.1, 0.15) is 10.7 Å². The average Bonchev–Trinajstić information content (AvgIpc) is 3.20. The van der Waals surface area contributed by atoms with Gasteiger partial charge in [-0.1, -0.05) is 30.3 Å². The third-order valence-electron chi connectivity index (χ3n) is 3.20. The Morgan fingerprint density at radius 1 is 0.909 bits per heavy atom. The molecule has 5 heteroatoms. The number of fused-ring (bicyclic) bond motifs is 1. The first-order valence-corrected chi connectivity index (χ1v) is 7.71. The summed E-state index contributed by atoms with van der Waals surface area (Å²) < 4.78 is 1.19. The van der Waals surface area contributed by atoms with Gasteiger partial charge in [0, 0.05) is 0 Å². The van der Waals surface area contributed by atoms with Gasteiger partial charge in [-0.2, -0.15) is 9.90 Å². The molecule has 0 amide bonds. The Labute approximate surface area is 131 Å². The van der Waals surface area contributed by atoms with Crippen molar-refractivity contribution in [3.05, 3.63) is 71.5 Å². The number of para-hydroxylation sites is 2. The molecular formula is C17H12N4S. The predicted molar refractivity (Wildman–Crippen MR) is 89.9 cm³/mol. The molecule has 2 aromatic carbocycles. The lowest BCUT2D eigenvalue weighted by Gasteiger charge is -1.96. The normalized spacial score (nSPS) is 11.5. The summed E-state index contributed by atoms with van der Waals surface area (Å²) in [5.41, 5.74) is 2.78. The molecule has 0 atom stereocenters. The van der Waals surface area contributed by atoms with E-state index in [0.29, 0.717) is 0 Å². The molecule has 0 aliphatic carbocycles. The minimum absolute atomic E-state index is 0.808. The Hall–Kier alpha value is -2.79. The number of thiazole rings is 1. The van der Waals surface area contributed by atoms with Crippen LogP contribution in [-0.4, -0.2) is 20.0 Å². The fraction of sp³-hybridized carbons (Fsp3) is 0. The maximum absolute atomic E-state index is 4.57. The fourth-order valence-corrected chi connectivity index (χ4v) is 3.03. The largest absolute Gasteiger partial charge is 0.237 e. The number of benzene rings is 2. The molecule has 0 aliphatic heterocycles. The van der Waals surface area contributed by atoms with Gasteiger partial charge in [0.1, 0.15) is 10.7 Å². The van der Waals surface area contributed by atoms with Crippen molar-refractivity contribution in [3.8, 4) is 5.69 Å². The second-order valence-electron chi connectivity index (χ2n) is 4.75. The number of nitrogens with zero attached hydrogens (tertiary/aromatic N) is 4. The van der Waals surface area contributed by atoms with Crippen molar-refractivity contribution < 1.29 is 0 Å². The van der Waals surface area contributed by atoms with Gasteiger partial charge >= 0.3 is 0 Å². The average molecular weight is 304 g/mol. The highest BCUT2D eigenvalue weighted by Gasteiger charge is 2.02. The summed E-state index contributed by atoms with van der Waals surface area (Å²) in [6.45, 7) is 0. The van der Waals surface area contributed by atoms with Gasteiger partial charge in [0.25, 0.3) is 0 Å². The highest BCUT2D eigenvalue weighted by atomic mass is 32.1. The first kappa shape index (κ1) is 12.9. The quantitative estimate of drug-likeness (QED) is 0.573. The van der Waals surface area contributed by atoms with Crippen molar-refractivity contribution in [2.75, 3.05) is 0 Å². The van der Waals surface area contributed by atoms with Crippen molar-refractivity contribution in [2.24, 2.45) is 0 Å². The maximum Gasteiger partial charge on any atom is 0.117 e. The van der Waals surface area contributed by atoms with E-state index in [2.05, 4.69) is 21.2 Å². The summed E-state index contributed by atoms with van der Waals surface area (Å²) in [6, 6.07) is 18.0. The Morgan fingerprint density at radius 2 is 1.73 bits per heavy atom. The molecule has 0 aliphatic rings. The number of rotatable bonds is 3. The van der Waals surface area contributed by atoms with Crippen LogP contribution >= 0.6 is 11.3 Å². The summed E-state index contributed by atoms with van der Waals surface area (Å²) >= 11 is 1.67. The van der Waals surface area contributed by atoms with Crippen molar-refractivity contribution in [1.29, 1.82) is 0 Å². The van der Waals surface area contributed by atoms with Gasteiger partial charge in [-0.05, 0) is 36.4 Å². The highest BCUT2D eigenvalue weighted by molar-refractivity contribution is 7.19. The highest BCUT2D eigenvalue weighted by Crippen LogP contribution is 2.22. The molecule has 0 saturated carbocycles. The van der Waals surface area contributed by atoms with Gasteiger partial charge in [0.05, 0.1) is 22.1 Å². The Bertz CT molecular complexity index is 904. The zero-order chi connectivity index (χ0) is 14.8. The summed E-state index contributed by atoms with van der Waals surface area (Å²) in [5, 5.41) is 9.69. The SMILES string of the molecule is C(=C\c1nc2ccccc2s1)/c1cnn(-c2ccccc2)n1. The van der Waals surface area contributed by atoms with E-state index in [0.717, 1.165) is 21.9 Å². The smallest absolute Gasteiger partial charge is 0.117 e. The van der Waals surface area contributed by atoms with E-state index >= 15 is 0 Å². The fourth-order valence-electron chi connectivity index (χ4n) is 2.15. The lowest BCUT2D eigenvalue weighted by atomic mass is 10.3. The molecule has 4 nitrogen and oxygen atoms in total. The van der Waals surface area contributed by atoms with Crippen LogP contribution < -0.4 is 0 Å². The van der Waals surface area contributed by atoms with Gasteiger partial charge in [-0.15, -0.1) is 16.4 Å². The van der Waals surface area contributed by atoms with E-state index in [1.54, 1.807) is 22.3 Å². The lowest BCUT2D eigenvalue weighted by molar-refractivity contribution is 0.750. The van der Waals surface area contributed by atoms with E-state index in [-0.39, 0.29) is 0 Å². The van der Waals surface area contributed by atoms with Crippen molar-refractivity contribution in [1.82, 2.24) is 20.0 Å². The molecule has 4 rings (SSSR count). The molecular weight excluding hydrogens is 292 g/mol. The first-order valence-electron chi connectivity index (χ1n) is 6.90. The molecule has 0 spiro atoms. The van der Waals surface area contributed by atoms with Gasteiger partial charge in [0.15, 0.2) is 0 Å². The van der Waals surface area contributed by atoms with Gasteiger partial charge in [-0.25, -0.2) is 4.98 Å². The van der Waals surface area contributed by atoms with E-state index in [4.69, 9.17) is 0 Å². The van der Waals surface area contributed by atoms with Crippen LogP contribution in [0, 0.1) is 0 Å². The molecule has 0 N–H and O–H groups in total. The predicted octanol–water partition coefficient (Wildman–Crippen LogP) is 4.05. The Balaban J connectivity index is 1.59. The molecule has 0 fully saturated rings. The van der Waals surface area contributed by atoms with Gasteiger partial charge < -0.3 is 0 Å². The van der Waals surface area contributed by atoms with Crippen LogP contribution in [0.2, 0.25) is 0 Å². The molecule has 0 unspecified atom stereocenters. The molecule has 2 heterocycles. The standard InChI is InChI=1S/C17H12N4S/c1-2-6-14(7-3-1)21-18-12-13(20-21)10-11-17-19-15-8-4-5-9-16(15)22-17/h1-12H/b11-10+.